The van der Waals surface area contributed by atoms with Crippen molar-refractivity contribution in [2.24, 2.45) is 0 Å². The largest absolute Gasteiger partial charge is 0.508 e. The second kappa shape index (κ2) is 7.71. The van der Waals surface area contributed by atoms with Gasteiger partial charge in [-0.1, -0.05) is 18.2 Å². The molecular formula is C18H23NO3. The van der Waals surface area contributed by atoms with Crippen molar-refractivity contribution in [2.75, 3.05) is 6.50 Å². The summed E-state index contributed by atoms with van der Waals surface area (Å²) in [6, 6.07) is 9.83. The Morgan fingerprint density at radius 1 is 1.00 bits per heavy atom. The van der Waals surface area contributed by atoms with Gasteiger partial charge in [-0.3, -0.25) is 0 Å². The summed E-state index contributed by atoms with van der Waals surface area (Å²) in [6.07, 6.45) is -1.21. The molecule has 1 atom stereocenters. The lowest BCUT2D eigenvalue weighted by molar-refractivity contribution is 0.403. The Morgan fingerprint density at radius 3 is 2.36 bits per heavy atom. The lowest BCUT2D eigenvalue weighted by Crippen LogP contribution is -2.28. The highest BCUT2D eigenvalue weighted by atomic mass is 16.3. The number of hydrogen-bond donors (Lipinski definition) is 4. The number of nitrogens with one attached hydrogen (secondary N) is 1. The van der Waals surface area contributed by atoms with Crippen molar-refractivity contribution >= 4 is 0 Å². The monoisotopic (exact) mass is 305 g/mol. The molecule has 0 amide bonds. The summed E-state index contributed by atoms with van der Waals surface area (Å²) in [5, 5.41) is 30.9. The minimum Gasteiger partial charge on any atom is -0.508 e. The highest BCUT2D eigenvalue weighted by molar-refractivity contribution is 5.40. The van der Waals surface area contributed by atoms with E-state index in [2.05, 4.69) is 5.32 Å². The van der Waals surface area contributed by atoms with Crippen molar-refractivity contribution in [1.82, 2.24) is 5.32 Å². The van der Waals surface area contributed by atoms with Crippen LogP contribution >= 0.6 is 0 Å². The van der Waals surface area contributed by atoms with Crippen LogP contribution in [-0.4, -0.2) is 27.9 Å². The van der Waals surface area contributed by atoms with E-state index in [1.54, 1.807) is 31.2 Å². The Balaban J connectivity index is 2.05. The predicted molar refractivity (Wildman–Crippen MR) is 87.4 cm³/mol. The summed E-state index contributed by atoms with van der Waals surface area (Å²) in [4.78, 5) is 0. The maximum Gasteiger partial charge on any atom is 0.157 e. The molecule has 0 spiro atoms. The molecule has 4 N–H and O–H groups in total. The Labute approximate surface area is 136 Å². The molecule has 0 radical (unpaired) electrons. The first-order valence-corrected chi connectivity index (χ1v) is 7.11. The SMILES string of the molecule is [2H]C([2H])(NC(C)CCc1ccc(O)cc1)C([2H])([2H])c1ccc(O)c(O)c1. The van der Waals surface area contributed by atoms with E-state index in [0.29, 0.717) is 12.8 Å². The molecular weight excluding hydrogens is 278 g/mol. The summed E-state index contributed by atoms with van der Waals surface area (Å²) < 4.78 is 32.6. The Kier molecular flexibility index (Phi) is 3.99. The molecule has 0 heterocycles. The lowest BCUT2D eigenvalue weighted by Gasteiger charge is -2.14. The average Bonchev–Trinajstić information content (AvgIpc) is 2.56. The van der Waals surface area contributed by atoms with Gasteiger partial charge in [0.1, 0.15) is 5.75 Å². The van der Waals surface area contributed by atoms with E-state index in [0.717, 1.165) is 17.7 Å². The van der Waals surface area contributed by atoms with Crippen molar-refractivity contribution < 1.29 is 20.8 Å². The summed E-state index contributed by atoms with van der Waals surface area (Å²) >= 11 is 0. The van der Waals surface area contributed by atoms with E-state index >= 15 is 0 Å². The van der Waals surface area contributed by atoms with Crippen LogP contribution in [0.15, 0.2) is 42.5 Å². The van der Waals surface area contributed by atoms with E-state index in [9.17, 15) is 15.3 Å². The third kappa shape index (κ3) is 4.97. The molecule has 0 fully saturated rings. The van der Waals surface area contributed by atoms with E-state index in [4.69, 9.17) is 5.48 Å². The van der Waals surface area contributed by atoms with Gasteiger partial charge in [0.05, 0.1) is 0 Å². The van der Waals surface area contributed by atoms with Crippen molar-refractivity contribution in [3.8, 4) is 17.2 Å². The van der Waals surface area contributed by atoms with Gasteiger partial charge in [0, 0.05) is 11.5 Å². The van der Waals surface area contributed by atoms with Gasteiger partial charge >= 0.3 is 0 Å². The van der Waals surface area contributed by atoms with Gasteiger partial charge in [-0.05, 0) is 68.0 Å². The topological polar surface area (TPSA) is 72.7 Å². The smallest absolute Gasteiger partial charge is 0.157 e. The number of phenols is 3. The van der Waals surface area contributed by atoms with Gasteiger partial charge in [0.2, 0.25) is 0 Å². The van der Waals surface area contributed by atoms with Gasteiger partial charge in [0.15, 0.2) is 11.5 Å². The molecule has 2 aromatic rings. The Hall–Kier alpha value is -2.20. The first-order chi connectivity index (χ1) is 12.0. The van der Waals surface area contributed by atoms with Crippen molar-refractivity contribution in [1.29, 1.82) is 0 Å². The van der Waals surface area contributed by atoms with Crippen LogP contribution in [0.3, 0.4) is 0 Å². The van der Waals surface area contributed by atoms with Crippen LogP contribution in [0.25, 0.3) is 0 Å². The first-order valence-electron chi connectivity index (χ1n) is 9.11. The van der Waals surface area contributed by atoms with Gasteiger partial charge in [-0.25, -0.2) is 0 Å². The van der Waals surface area contributed by atoms with Gasteiger partial charge in [-0.2, -0.15) is 0 Å². The Morgan fingerprint density at radius 2 is 1.68 bits per heavy atom. The van der Waals surface area contributed by atoms with Crippen molar-refractivity contribution in [2.45, 2.75) is 32.2 Å². The molecule has 0 saturated carbocycles. The van der Waals surface area contributed by atoms with E-state index in [1.807, 2.05) is 0 Å². The van der Waals surface area contributed by atoms with Crippen LogP contribution in [0.4, 0.5) is 0 Å². The molecule has 2 rings (SSSR count). The maximum atomic E-state index is 9.56. The van der Waals surface area contributed by atoms with Gasteiger partial charge in [-0.15, -0.1) is 0 Å². The van der Waals surface area contributed by atoms with Crippen molar-refractivity contribution in [3.63, 3.8) is 0 Å². The van der Waals surface area contributed by atoms with Crippen LogP contribution in [-0.2, 0) is 12.8 Å². The summed E-state index contributed by atoms with van der Waals surface area (Å²) in [6.45, 7) is -0.632. The molecule has 4 nitrogen and oxygen atoms in total. The van der Waals surface area contributed by atoms with E-state index < -0.39 is 18.6 Å². The van der Waals surface area contributed by atoms with Crippen molar-refractivity contribution in [3.05, 3.63) is 53.6 Å². The van der Waals surface area contributed by atoms with Crippen LogP contribution in [0.2, 0.25) is 0 Å². The highest BCUT2D eigenvalue weighted by Crippen LogP contribution is 2.24. The van der Waals surface area contributed by atoms with Crippen LogP contribution in [0.5, 0.6) is 17.2 Å². The van der Waals surface area contributed by atoms with Gasteiger partial charge < -0.3 is 20.6 Å². The molecule has 1 unspecified atom stereocenters. The van der Waals surface area contributed by atoms with Gasteiger partial charge in [0.25, 0.3) is 0 Å². The number of benzene rings is 2. The molecule has 22 heavy (non-hydrogen) atoms. The molecule has 0 saturated heterocycles. The average molecular weight is 305 g/mol. The minimum atomic E-state index is -2.43. The highest BCUT2D eigenvalue weighted by Gasteiger charge is 2.04. The molecule has 0 aromatic heterocycles. The molecule has 2 aromatic carbocycles. The normalized spacial score (nSPS) is 16.2. The zero-order valence-electron chi connectivity index (χ0n) is 16.4. The summed E-state index contributed by atoms with van der Waals surface area (Å²) in [5.74, 6) is -0.704. The number of aromatic hydroxyl groups is 3. The second-order valence-corrected chi connectivity index (χ2v) is 5.20. The van der Waals surface area contributed by atoms with E-state index in [1.165, 1.54) is 6.07 Å². The third-order valence-corrected chi connectivity index (χ3v) is 3.30. The minimum absolute atomic E-state index is 0.0731. The first kappa shape index (κ1) is 11.4. The molecule has 118 valence electrons. The lowest BCUT2D eigenvalue weighted by atomic mass is 10.1. The van der Waals surface area contributed by atoms with Crippen LogP contribution in [0.1, 0.15) is 30.0 Å². The maximum absolute atomic E-state index is 9.56. The fraction of sp³-hybridized carbons (Fsp3) is 0.333. The predicted octanol–water partition coefficient (Wildman–Crippen LogP) is 2.96. The molecule has 0 aliphatic carbocycles. The molecule has 4 heteroatoms. The zero-order valence-corrected chi connectivity index (χ0v) is 12.4. The second-order valence-electron chi connectivity index (χ2n) is 5.20. The Bertz CT molecular complexity index is 751. The number of rotatable bonds is 7. The standard InChI is InChI=1S/C18H23NO3/c1-13(2-3-14-4-7-16(20)8-5-14)19-11-10-15-6-9-17(21)18(22)12-15/h4-9,12-13,19-22H,2-3,10-11H2,1H3/i10D2,11D2. The zero-order chi connectivity index (χ0) is 19.5. The third-order valence-electron chi connectivity index (χ3n) is 3.30. The number of hydrogen-bond acceptors (Lipinski definition) is 4. The fourth-order valence-electron chi connectivity index (χ4n) is 1.95. The van der Waals surface area contributed by atoms with E-state index in [-0.39, 0.29) is 23.1 Å². The fourth-order valence-corrected chi connectivity index (χ4v) is 1.95. The van der Waals surface area contributed by atoms with Crippen LogP contribution < -0.4 is 5.32 Å². The quantitative estimate of drug-likeness (QED) is 0.593. The molecule has 0 aliphatic rings. The summed E-state index contributed by atoms with van der Waals surface area (Å²) in [7, 11) is 0. The number of aryl methyl sites for hydroxylation is 2. The molecule has 0 aliphatic heterocycles. The molecule has 0 bridgehead atoms. The summed E-state index contributed by atoms with van der Waals surface area (Å²) in [5.41, 5.74) is 0.916. The number of phenolic OH excluding ortho intramolecular Hbond substituents is 3. The van der Waals surface area contributed by atoms with Crippen LogP contribution in [0, 0.1) is 0 Å².